The molecule has 8 heteroatoms. The van der Waals surface area contributed by atoms with Gasteiger partial charge in [0.1, 0.15) is 24.1 Å². The van der Waals surface area contributed by atoms with E-state index >= 15 is 0 Å². The summed E-state index contributed by atoms with van der Waals surface area (Å²) in [6, 6.07) is 10.3. The van der Waals surface area contributed by atoms with Crippen LogP contribution >= 0.6 is 11.8 Å². The summed E-state index contributed by atoms with van der Waals surface area (Å²) in [5.74, 6) is 0.341. The van der Waals surface area contributed by atoms with Gasteiger partial charge >= 0.3 is 11.7 Å². The van der Waals surface area contributed by atoms with Crippen LogP contribution in [0.3, 0.4) is 0 Å². The van der Waals surface area contributed by atoms with Crippen molar-refractivity contribution in [3.63, 3.8) is 0 Å². The van der Waals surface area contributed by atoms with E-state index < -0.39 is 17.9 Å². The molecule has 1 aromatic heterocycles. The van der Waals surface area contributed by atoms with Crippen molar-refractivity contribution in [2.45, 2.75) is 11.7 Å². The Balaban J connectivity index is 1.56. The number of ether oxygens (including phenoxy) is 2. The maximum Gasteiger partial charge on any atom is 0.351 e. The molecule has 0 amide bonds. The molecule has 1 saturated heterocycles. The molecule has 120 valence electrons. The number of nitrogens with zero attached hydrogens (tertiary/aromatic N) is 2. The van der Waals surface area contributed by atoms with E-state index in [9.17, 15) is 9.59 Å². The maximum atomic E-state index is 11.9. The molecule has 2 heterocycles. The molecule has 0 unspecified atom stereocenters. The van der Waals surface area contributed by atoms with E-state index in [2.05, 4.69) is 4.98 Å². The Hall–Kier alpha value is -2.32. The molecule has 23 heavy (non-hydrogen) atoms. The van der Waals surface area contributed by atoms with Crippen LogP contribution in [0.2, 0.25) is 0 Å². The topological polar surface area (TPSA) is 96.4 Å². The number of thioether (sulfide) groups is 1. The molecule has 3 rings (SSSR count). The summed E-state index contributed by atoms with van der Waals surface area (Å²) in [5, 5.41) is 0. The SMILES string of the molecule is Nc1ccn([C@H]2CS[C@@H](COC(=O)c3ccccc3)O2)c(=O)n1. The molecule has 1 aromatic carbocycles. The van der Waals surface area contributed by atoms with Crippen molar-refractivity contribution >= 4 is 23.5 Å². The van der Waals surface area contributed by atoms with E-state index in [0.29, 0.717) is 11.3 Å². The van der Waals surface area contributed by atoms with Crippen molar-refractivity contribution in [3.8, 4) is 0 Å². The molecule has 7 nitrogen and oxygen atoms in total. The van der Waals surface area contributed by atoms with Crippen molar-refractivity contribution in [1.82, 2.24) is 9.55 Å². The molecule has 1 fully saturated rings. The molecule has 2 atom stereocenters. The van der Waals surface area contributed by atoms with Gasteiger partial charge in [-0.05, 0) is 18.2 Å². The standard InChI is InChI=1S/C15H15N3O4S/c16-11-6-7-18(15(20)17-11)12-9-23-13(22-12)8-21-14(19)10-4-2-1-3-5-10/h1-7,12-13H,8-9H2,(H2,16,17,20)/t12-,13+/m1/s1. The Morgan fingerprint density at radius 3 is 2.91 bits per heavy atom. The van der Waals surface area contributed by atoms with Gasteiger partial charge in [-0.2, -0.15) is 4.98 Å². The highest BCUT2D eigenvalue weighted by molar-refractivity contribution is 8.00. The summed E-state index contributed by atoms with van der Waals surface area (Å²) in [6.45, 7) is 0.117. The van der Waals surface area contributed by atoms with E-state index in [4.69, 9.17) is 15.2 Å². The van der Waals surface area contributed by atoms with Crippen LogP contribution in [0, 0.1) is 0 Å². The van der Waals surface area contributed by atoms with Crippen molar-refractivity contribution in [2.75, 3.05) is 18.1 Å². The molecule has 0 aliphatic carbocycles. The lowest BCUT2D eigenvalue weighted by Crippen LogP contribution is -2.29. The normalized spacial score (nSPS) is 20.3. The van der Waals surface area contributed by atoms with Crippen LogP contribution in [0.15, 0.2) is 47.4 Å². The van der Waals surface area contributed by atoms with Crippen molar-refractivity contribution in [2.24, 2.45) is 0 Å². The number of benzene rings is 1. The molecule has 2 N–H and O–H groups in total. The Kier molecular flexibility index (Phi) is 4.63. The zero-order chi connectivity index (χ0) is 16.2. The third-order valence-corrected chi connectivity index (χ3v) is 4.35. The minimum Gasteiger partial charge on any atom is -0.458 e. The maximum absolute atomic E-state index is 11.9. The quantitative estimate of drug-likeness (QED) is 0.842. The van der Waals surface area contributed by atoms with Gasteiger partial charge in [0.2, 0.25) is 0 Å². The summed E-state index contributed by atoms with van der Waals surface area (Å²) >= 11 is 1.48. The number of hydrogen-bond acceptors (Lipinski definition) is 7. The first-order valence-corrected chi connectivity index (χ1v) is 8.02. The molecule has 0 saturated carbocycles. The second kappa shape index (κ2) is 6.84. The molecule has 0 radical (unpaired) electrons. The lowest BCUT2D eigenvalue weighted by Gasteiger charge is -2.14. The number of esters is 1. The van der Waals surface area contributed by atoms with Crippen LogP contribution in [0.5, 0.6) is 0 Å². The van der Waals surface area contributed by atoms with Crippen LogP contribution in [0.25, 0.3) is 0 Å². The molecular formula is C15H15N3O4S. The first-order chi connectivity index (χ1) is 11.1. The summed E-state index contributed by atoms with van der Waals surface area (Å²) in [7, 11) is 0. The lowest BCUT2D eigenvalue weighted by atomic mass is 10.2. The average molecular weight is 333 g/mol. The molecular weight excluding hydrogens is 318 g/mol. The number of anilines is 1. The van der Waals surface area contributed by atoms with Gasteiger partial charge < -0.3 is 15.2 Å². The predicted octanol–water partition coefficient (Wildman–Crippen LogP) is 1.27. The van der Waals surface area contributed by atoms with E-state index in [1.165, 1.54) is 22.4 Å². The summed E-state index contributed by atoms with van der Waals surface area (Å²) in [6.07, 6.45) is 1.11. The largest absolute Gasteiger partial charge is 0.458 e. The number of nitrogen functional groups attached to an aromatic ring is 1. The van der Waals surface area contributed by atoms with E-state index in [-0.39, 0.29) is 17.9 Å². The monoisotopic (exact) mass is 333 g/mol. The zero-order valence-electron chi connectivity index (χ0n) is 12.1. The molecule has 1 aliphatic heterocycles. The van der Waals surface area contributed by atoms with Gasteiger partial charge in [0.15, 0.2) is 0 Å². The van der Waals surface area contributed by atoms with Gasteiger partial charge in [-0.15, -0.1) is 11.8 Å². The minimum absolute atomic E-state index is 0.117. The van der Waals surface area contributed by atoms with Gasteiger partial charge in [0.05, 0.1) is 5.56 Å². The highest BCUT2D eigenvalue weighted by Gasteiger charge is 2.29. The fourth-order valence-corrected chi connectivity index (χ4v) is 3.11. The number of aromatic nitrogens is 2. The van der Waals surface area contributed by atoms with Crippen LogP contribution in [0.1, 0.15) is 16.6 Å². The third-order valence-electron chi connectivity index (χ3n) is 3.26. The number of carbonyl (C=O) groups is 1. The number of hydrogen-bond donors (Lipinski definition) is 1. The molecule has 2 aromatic rings. The highest BCUT2D eigenvalue weighted by atomic mass is 32.2. The van der Waals surface area contributed by atoms with E-state index in [0.717, 1.165) is 0 Å². The first kappa shape index (κ1) is 15.6. The zero-order valence-corrected chi connectivity index (χ0v) is 12.9. The number of rotatable bonds is 4. The molecule has 1 aliphatic rings. The Morgan fingerprint density at radius 1 is 1.39 bits per heavy atom. The Morgan fingerprint density at radius 2 is 2.17 bits per heavy atom. The second-order valence-corrected chi connectivity index (χ2v) is 6.05. The second-order valence-electron chi connectivity index (χ2n) is 4.86. The summed E-state index contributed by atoms with van der Waals surface area (Å²) in [4.78, 5) is 27.3. The van der Waals surface area contributed by atoms with Gasteiger partial charge in [-0.25, -0.2) is 9.59 Å². The van der Waals surface area contributed by atoms with Gasteiger partial charge in [0.25, 0.3) is 0 Å². The van der Waals surface area contributed by atoms with Gasteiger partial charge in [0, 0.05) is 11.9 Å². The van der Waals surface area contributed by atoms with Crippen LogP contribution in [0.4, 0.5) is 5.82 Å². The van der Waals surface area contributed by atoms with Gasteiger partial charge in [-0.1, -0.05) is 18.2 Å². The summed E-state index contributed by atoms with van der Waals surface area (Å²) in [5.41, 5.74) is 5.17. The van der Waals surface area contributed by atoms with E-state index in [1.54, 1.807) is 30.5 Å². The average Bonchev–Trinajstić information content (AvgIpc) is 3.02. The van der Waals surface area contributed by atoms with Crippen molar-refractivity contribution in [3.05, 3.63) is 58.6 Å². The fraction of sp³-hybridized carbons (Fsp3) is 0.267. The smallest absolute Gasteiger partial charge is 0.351 e. The molecule has 0 spiro atoms. The third kappa shape index (κ3) is 3.72. The van der Waals surface area contributed by atoms with Crippen molar-refractivity contribution in [1.29, 1.82) is 0 Å². The van der Waals surface area contributed by atoms with Crippen LogP contribution < -0.4 is 11.4 Å². The van der Waals surface area contributed by atoms with Crippen LogP contribution in [-0.2, 0) is 9.47 Å². The first-order valence-electron chi connectivity index (χ1n) is 6.97. The fourth-order valence-electron chi connectivity index (χ4n) is 2.12. The lowest BCUT2D eigenvalue weighted by molar-refractivity contribution is -0.0177. The summed E-state index contributed by atoms with van der Waals surface area (Å²) < 4.78 is 12.3. The number of nitrogens with two attached hydrogens (primary N) is 1. The van der Waals surface area contributed by atoms with E-state index in [1.807, 2.05) is 6.07 Å². The van der Waals surface area contributed by atoms with Crippen LogP contribution in [-0.4, -0.2) is 33.3 Å². The Bertz CT molecular complexity index is 750. The minimum atomic E-state index is -0.461. The number of carbonyl (C=O) groups excluding carboxylic acids is 1. The Labute approximate surface area is 136 Å². The predicted molar refractivity (Wildman–Crippen MR) is 86.0 cm³/mol. The highest BCUT2D eigenvalue weighted by Crippen LogP contribution is 2.31. The molecule has 0 bridgehead atoms. The van der Waals surface area contributed by atoms with Gasteiger partial charge in [-0.3, -0.25) is 4.57 Å². The van der Waals surface area contributed by atoms with Crippen molar-refractivity contribution < 1.29 is 14.3 Å².